The Morgan fingerprint density at radius 1 is 1.00 bits per heavy atom. The third kappa shape index (κ3) is 7.51. The van der Waals surface area contributed by atoms with E-state index in [1.165, 1.54) is 32.4 Å². The van der Waals surface area contributed by atoms with E-state index in [-0.39, 0.29) is 24.0 Å². The van der Waals surface area contributed by atoms with Gasteiger partial charge in [0.2, 0.25) is 5.91 Å². The van der Waals surface area contributed by atoms with Crippen LogP contribution in [0, 0.1) is 17.8 Å². The maximum Gasteiger partial charge on any atom is 0.236 e. The molecule has 1 N–H and O–H groups in total. The van der Waals surface area contributed by atoms with Crippen LogP contribution in [-0.2, 0) is 4.79 Å². The molecule has 0 saturated carbocycles. The normalized spacial score (nSPS) is 29.5. The lowest BCUT2D eigenvalue weighted by atomic mass is 9.92. The van der Waals surface area contributed by atoms with Gasteiger partial charge in [-0.3, -0.25) is 14.7 Å². The zero-order valence-electron chi connectivity index (χ0n) is 19.5. The van der Waals surface area contributed by atoms with Gasteiger partial charge in [-0.05, 0) is 50.6 Å². The molecule has 30 heavy (non-hydrogen) atoms. The van der Waals surface area contributed by atoms with Crippen molar-refractivity contribution in [2.75, 3.05) is 79.5 Å². The Bertz CT molecular complexity index is 556. The maximum absolute atomic E-state index is 12.8. The molecule has 3 atom stereocenters. The molecule has 3 saturated heterocycles. The average Bonchev–Trinajstić information content (AvgIpc) is 2.69. The molecule has 3 aliphatic heterocycles. The standard InChI is InChI=1S/C22H42N6O.HI/c1-18-12-19(2)15-28(14-18)21(29)17-26-8-10-27(11-9-26)22(23-3)24-13-20-6-5-7-25(4)16-20;/h18-20H,5-17H2,1-4H3,(H,23,24);1H. The molecule has 3 heterocycles. The lowest BCUT2D eigenvalue weighted by molar-refractivity contribution is -0.135. The molecule has 8 heteroatoms. The average molecular weight is 535 g/mol. The number of carbonyl (C=O) groups is 1. The van der Waals surface area contributed by atoms with Crippen molar-refractivity contribution in [2.45, 2.75) is 33.1 Å². The molecule has 3 unspecified atom stereocenters. The Morgan fingerprint density at radius 2 is 1.67 bits per heavy atom. The summed E-state index contributed by atoms with van der Waals surface area (Å²) in [5.41, 5.74) is 0. The number of likely N-dealkylation sites (tertiary alicyclic amines) is 2. The molecule has 3 aliphatic rings. The van der Waals surface area contributed by atoms with E-state index >= 15 is 0 Å². The lowest BCUT2D eigenvalue weighted by Gasteiger charge is -2.39. The van der Waals surface area contributed by atoms with Crippen LogP contribution in [0.25, 0.3) is 0 Å². The second kappa shape index (κ2) is 12.4. The molecule has 0 radical (unpaired) electrons. The maximum atomic E-state index is 12.8. The Morgan fingerprint density at radius 3 is 2.27 bits per heavy atom. The van der Waals surface area contributed by atoms with Crippen molar-refractivity contribution in [3.05, 3.63) is 0 Å². The summed E-state index contributed by atoms with van der Waals surface area (Å²) in [6.07, 6.45) is 3.84. The number of hydrogen-bond donors (Lipinski definition) is 1. The Labute approximate surface area is 200 Å². The van der Waals surface area contributed by atoms with Gasteiger partial charge in [-0.15, -0.1) is 24.0 Å². The zero-order chi connectivity index (χ0) is 20.8. The summed E-state index contributed by atoms with van der Waals surface area (Å²) >= 11 is 0. The van der Waals surface area contributed by atoms with Crippen molar-refractivity contribution >= 4 is 35.8 Å². The summed E-state index contributed by atoms with van der Waals surface area (Å²) in [6, 6.07) is 0. The van der Waals surface area contributed by atoms with Crippen LogP contribution in [0.1, 0.15) is 33.1 Å². The number of amides is 1. The summed E-state index contributed by atoms with van der Waals surface area (Å²) in [5.74, 6) is 3.28. The predicted molar refractivity (Wildman–Crippen MR) is 135 cm³/mol. The highest BCUT2D eigenvalue weighted by Gasteiger charge is 2.28. The minimum absolute atomic E-state index is 0. The fraction of sp³-hybridized carbons (Fsp3) is 0.909. The fourth-order valence-corrected chi connectivity index (χ4v) is 5.28. The van der Waals surface area contributed by atoms with Gasteiger partial charge in [-0.1, -0.05) is 13.8 Å². The lowest BCUT2D eigenvalue weighted by Crippen LogP contribution is -2.55. The molecule has 3 fully saturated rings. The van der Waals surface area contributed by atoms with Gasteiger partial charge >= 0.3 is 0 Å². The third-order valence-corrected chi connectivity index (χ3v) is 6.73. The molecule has 0 bridgehead atoms. The number of aliphatic imine (C=N–C) groups is 1. The Balaban J connectivity index is 0.00000320. The zero-order valence-corrected chi connectivity index (χ0v) is 21.8. The number of piperidine rings is 2. The second-order valence-electron chi connectivity index (χ2n) is 9.71. The summed E-state index contributed by atoms with van der Waals surface area (Å²) < 4.78 is 0. The number of guanidine groups is 1. The molecular weight excluding hydrogens is 491 g/mol. The van der Waals surface area contributed by atoms with Gasteiger partial charge < -0.3 is 20.0 Å². The fourth-order valence-electron chi connectivity index (χ4n) is 5.28. The summed E-state index contributed by atoms with van der Waals surface area (Å²) in [5, 5.41) is 3.60. The molecule has 3 rings (SSSR count). The highest BCUT2D eigenvalue weighted by atomic mass is 127. The van der Waals surface area contributed by atoms with E-state index in [2.05, 4.69) is 50.8 Å². The SMILES string of the molecule is CN=C(NCC1CCCN(C)C1)N1CCN(CC(=O)N2CC(C)CC(C)C2)CC1.I. The molecule has 1 amide bonds. The molecule has 0 aromatic carbocycles. The van der Waals surface area contributed by atoms with Gasteiger partial charge in [0.15, 0.2) is 5.96 Å². The van der Waals surface area contributed by atoms with Crippen LogP contribution in [0.3, 0.4) is 0 Å². The topological polar surface area (TPSA) is 54.4 Å². The van der Waals surface area contributed by atoms with Gasteiger partial charge in [-0.25, -0.2) is 0 Å². The molecule has 0 aromatic heterocycles. The summed E-state index contributed by atoms with van der Waals surface area (Å²) in [7, 11) is 4.09. The van der Waals surface area contributed by atoms with Crippen molar-refractivity contribution in [3.63, 3.8) is 0 Å². The summed E-state index contributed by atoms with van der Waals surface area (Å²) in [4.78, 5) is 26.5. The smallest absolute Gasteiger partial charge is 0.236 e. The van der Waals surface area contributed by atoms with Crippen molar-refractivity contribution < 1.29 is 4.79 Å². The van der Waals surface area contributed by atoms with Crippen LogP contribution in [-0.4, -0.2) is 111 Å². The molecule has 0 aromatic rings. The first kappa shape index (κ1) is 25.6. The van der Waals surface area contributed by atoms with Crippen LogP contribution in [0.5, 0.6) is 0 Å². The van der Waals surface area contributed by atoms with Crippen molar-refractivity contribution in [2.24, 2.45) is 22.7 Å². The van der Waals surface area contributed by atoms with Gasteiger partial charge in [-0.2, -0.15) is 0 Å². The van der Waals surface area contributed by atoms with Gasteiger partial charge in [0.05, 0.1) is 6.54 Å². The van der Waals surface area contributed by atoms with Gasteiger partial charge in [0, 0.05) is 59.4 Å². The molecule has 0 spiro atoms. The number of nitrogens with one attached hydrogen (secondary N) is 1. The van der Waals surface area contributed by atoms with Gasteiger partial charge in [0.1, 0.15) is 0 Å². The second-order valence-corrected chi connectivity index (χ2v) is 9.71. The molecule has 174 valence electrons. The van der Waals surface area contributed by atoms with E-state index in [9.17, 15) is 4.79 Å². The number of hydrogen-bond acceptors (Lipinski definition) is 4. The monoisotopic (exact) mass is 534 g/mol. The highest BCUT2D eigenvalue weighted by molar-refractivity contribution is 14.0. The van der Waals surface area contributed by atoms with Crippen LogP contribution >= 0.6 is 24.0 Å². The number of carbonyl (C=O) groups excluding carboxylic acids is 1. The van der Waals surface area contributed by atoms with Crippen LogP contribution in [0.15, 0.2) is 4.99 Å². The van der Waals surface area contributed by atoms with Crippen molar-refractivity contribution in [1.82, 2.24) is 24.9 Å². The van der Waals surface area contributed by atoms with Crippen LogP contribution in [0.4, 0.5) is 0 Å². The van der Waals surface area contributed by atoms with E-state index in [0.717, 1.165) is 51.8 Å². The number of rotatable bonds is 4. The number of nitrogens with zero attached hydrogens (tertiary/aromatic N) is 5. The quantitative estimate of drug-likeness (QED) is 0.338. The van der Waals surface area contributed by atoms with Crippen molar-refractivity contribution in [3.8, 4) is 0 Å². The first-order valence-electron chi connectivity index (χ1n) is 11.6. The first-order chi connectivity index (χ1) is 13.9. The van der Waals surface area contributed by atoms with E-state index in [1.54, 1.807) is 0 Å². The Kier molecular flexibility index (Phi) is 10.6. The Hall–Kier alpha value is -0.610. The van der Waals surface area contributed by atoms with Crippen LogP contribution in [0.2, 0.25) is 0 Å². The minimum atomic E-state index is 0. The van der Waals surface area contributed by atoms with E-state index in [1.807, 2.05) is 7.05 Å². The van der Waals surface area contributed by atoms with Crippen molar-refractivity contribution in [1.29, 1.82) is 0 Å². The van der Waals surface area contributed by atoms with Gasteiger partial charge in [0.25, 0.3) is 0 Å². The summed E-state index contributed by atoms with van der Waals surface area (Å²) in [6.45, 7) is 14.1. The van der Waals surface area contributed by atoms with E-state index in [0.29, 0.717) is 30.2 Å². The van der Waals surface area contributed by atoms with E-state index in [4.69, 9.17) is 0 Å². The minimum Gasteiger partial charge on any atom is -0.356 e. The molecule has 0 aliphatic carbocycles. The largest absolute Gasteiger partial charge is 0.356 e. The van der Waals surface area contributed by atoms with Crippen LogP contribution < -0.4 is 5.32 Å². The predicted octanol–water partition coefficient (Wildman–Crippen LogP) is 1.64. The molecular formula is C22H43IN6O. The first-order valence-corrected chi connectivity index (χ1v) is 11.6. The number of piperazine rings is 1. The highest BCUT2D eigenvalue weighted by Crippen LogP contribution is 2.21. The third-order valence-electron chi connectivity index (χ3n) is 6.73. The van der Waals surface area contributed by atoms with E-state index < -0.39 is 0 Å². The molecule has 7 nitrogen and oxygen atoms in total. The number of halogens is 1.